The molecule has 0 saturated carbocycles. The number of hydrogen-bond donors (Lipinski definition) is 1. The number of aliphatic hydroxyl groups is 1. The highest BCUT2D eigenvalue weighted by molar-refractivity contribution is 5.17. The second-order valence-corrected chi connectivity index (χ2v) is 4.48. The molecule has 0 radical (unpaired) electrons. The number of likely N-dealkylation sites (N-methyl/N-ethyl adjacent to an activating group) is 1. The lowest BCUT2D eigenvalue weighted by Crippen LogP contribution is -2.42. The summed E-state index contributed by atoms with van der Waals surface area (Å²) in [4.78, 5) is 2.00. The van der Waals surface area contributed by atoms with Crippen LogP contribution in [0.2, 0.25) is 0 Å². The van der Waals surface area contributed by atoms with Crippen LogP contribution < -0.4 is 0 Å². The number of ether oxygens (including phenoxy) is 1. The summed E-state index contributed by atoms with van der Waals surface area (Å²) in [6.07, 6.45) is -0.518. The molecule has 1 aliphatic rings. The fourth-order valence-electron chi connectivity index (χ4n) is 2.22. The molecule has 2 rings (SSSR count). The average Bonchev–Trinajstić information content (AvgIpc) is 2.77. The van der Waals surface area contributed by atoms with Crippen molar-refractivity contribution in [3.05, 3.63) is 35.4 Å². The monoisotopic (exact) mass is 257 g/mol. The molecule has 1 heterocycles. The molecule has 0 unspecified atom stereocenters. The van der Waals surface area contributed by atoms with Crippen molar-refractivity contribution in [2.75, 3.05) is 19.8 Å². The minimum Gasteiger partial charge on any atom is -0.389 e. The molecule has 0 amide bonds. The molecule has 0 aromatic heterocycles. The van der Waals surface area contributed by atoms with Crippen molar-refractivity contribution in [3.63, 3.8) is 0 Å². The first kappa shape index (κ1) is 13.4. The lowest BCUT2D eigenvalue weighted by Gasteiger charge is -2.28. The topological polar surface area (TPSA) is 32.7 Å². The van der Waals surface area contributed by atoms with Gasteiger partial charge in [0.15, 0.2) is 11.6 Å². The van der Waals surface area contributed by atoms with Gasteiger partial charge in [-0.15, -0.1) is 0 Å². The summed E-state index contributed by atoms with van der Waals surface area (Å²) in [7, 11) is 0. The molecule has 1 N–H and O–H groups in total. The van der Waals surface area contributed by atoms with E-state index in [4.69, 9.17) is 4.74 Å². The maximum Gasteiger partial charge on any atom is 0.159 e. The second-order valence-electron chi connectivity index (χ2n) is 4.48. The van der Waals surface area contributed by atoms with Gasteiger partial charge >= 0.3 is 0 Å². The van der Waals surface area contributed by atoms with Gasteiger partial charge in [-0.05, 0) is 24.2 Å². The first-order valence-corrected chi connectivity index (χ1v) is 6.05. The molecule has 1 aromatic carbocycles. The van der Waals surface area contributed by atoms with E-state index in [1.165, 1.54) is 6.07 Å². The SMILES string of the molecule is CCN(Cc1ccc(F)c(F)c1)[C@H]1COC[C@@H]1O. The van der Waals surface area contributed by atoms with Crippen molar-refractivity contribution in [1.29, 1.82) is 0 Å². The van der Waals surface area contributed by atoms with Gasteiger partial charge in [0.2, 0.25) is 0 Å². The maximum absolute atomic E-state index is 13.1. The first-order chi connectivity index (χ1) is 8.61. The third-order valence-corrected chi connectivity index (χ3v) is 3.27. The van der Waals surface area contributed by atoms with Crippen LogP contribution in [-0.2, 0) is 11.3 Å². The molecule has 2 atom stereocenters. The summed E-state index contributed by atoms with van der Waals surface area (Å²) < 4.78 is 31.2. The van der Waals surface area contributed by atoms with Crippen molar-refractivity contribution in [1.82, 2.24) is 4.90 Å². The number of hydrogen-bond acceptors (Lipinski definition) is 3. The summed E-state index contributed by atoms with van der Waals surface area (Å²) in [6, 6.07) is 3.80. The van der Waals surface area contributed by atoms with Crippen LogP contribution in [0.1, 0.15) is 12.5 Å². The van der Waals surface area contributed by atoms with Gasteiger partial charge in [0.05, 0.1) is 25.4 Å². The number of aliphatic hydroxyl groups excluding tert-OH is 1. The van der Waals surface area contributed by atoms with Gasteiger partial charge in [0.1, 0.15) is 0 Å². The number of benzene rings is 1. The molecule has 18 heavy (non-hydrogen) atoms. The highest BCUT2D eigenvalue weighted by Crippen LogP contribution is 2.17. The lowest BCUT2D eigenvalue weighted by atomic mass is 10.1. The minimum atomic E-state index is -0.842. The van der Waals surface area contributed by atoms with Crippen LogP contribution in [0.4, 0.5) is 8.78 Å². The standard InChI is InChI=1S/C13H17F2NO2/c1-2-16(12-7-18-8-13(12)17)6-9-3-4-10(14)11(15)5-9/h3-5,12-13,17H,2,6-8H2,1H3/t12-,13-/m0/s1. The van der Waals surface area contributed by atoms with Crippen LogP contribution in [0, 0.1) is 11.6 Å². The summed E-state index contributed by atoms with van der Waals surface area (Å²) in [6.45, 7) is 3.95. The largest absolute Gasteiger partial charge is 0.389 e. The van der Waals surface area contributed by atoms with Crippen LogP contribution in [0.25, 0.3) is 0 Å². The van der Waals surface area contributed by atoms with E-state index >= 15 is 0 Å². The molecular formula is C13H17F2NO2. The van der Waals surface area contributed by atoms with Crippen molar-refractivity contribution in [3.8, 4) is 0 Å². The molecule has 5 heteroatoms. The van der Waals surface area contributed by atoms with E-state index in [-0.39, 0.29) is 6.04 Å². The first-order valence-electron chi connectivity index (χ1n) is 6.05. The Morgan fingerprint density at radius 3 is 2.67 bits per heavy atom. The van der Waals surface area contributed by atoms with E-state index < -0.39 is 17.7 Å². The zero-order chi connectivity index (χ0) is 13.1. The van der Waals surface area contributed by atoms with Gasteiger partial charge in [-0.1, -0.05) is 13.0 Å². The zero-order valence-corrected chi connectivity index (χ0v) is 10.3. The summed E-state index contributed by atoms with van der Waals surface area (Å²) in [5, 5.41) is 9.77. The number of nitrogens with zero attached hydrogens (tertiary/aromatic N) is 1. The van der Waals surface area contributed by atoms with Gasteiger partial charge in [-0.2, -0.15) is 0 Å². The molecule has 0 aliphatic carbocycles. The van der Waals surface area contributed by atoms with E-state index in [1.807, 2.05) is 11.8 Å². The zero-order valence-electron chi connectivity index (χ0n) is 10.3. The van der Waals surface area contributed by atoms with Gasteiger partial charge in [-0.25, -0.2) is 8.78 Å². The number of rotatable bonds is 4. The molecule has 3 nitrogen and oxygen atoms in total. The lowest BCUT2D eigenvalue weighted by molar-refractivity contribution is 0.0807. The molecule has 100 valence electrons. The fraction of sp³-hybridized carbons (Fsp3) is 0.538. The quantitative estimate of drug-likeness (QED) is 0.888. The molecule has 1 aromatic rings. The Balaban J connectivity index is 2.07. The molecule has 0 spiro atoms. The van der Waals surface area contributed by atoms with Crippen LogP contribution in [0.3, 0.4) is 0 Å². The van der Waals surface area contributed by atoms with Gasteiger partial charge < -0.3 is 9.84 Å². The molecule has 0 bridgehead atoms. The Morgan fingerprint density at radius 2 is 2.11 bits per heavy atom. The normalized spacial score (nSPS) is 23.8. The van der Waals surface area contributed by atoms with Gasteiger partial charge in [-0.3, -0.25) is 4.90 Å². The van der Waals surface area contributed by atoms with E-state index in [2.05, 4.69) is 0 Å². The van der Waals surface area contributed by atoms with Crippen molar-refractivity contribution in [2.24, 2.45) is 0 Å². The Morgan fingerprint density at radius 1 is 1.33 bits per heavy atom. The van der Waals surface area contributed by atoms with Crippen molar-refractivity contribution >= 4 is 0 Å². The smallest absolute Gasteiger partial charge is 0.159 e. The van der Waals surface area contributed by atoms with Crippen molar-refractivity contribution in [2.45, 2.75) is 25.6 Å². The number of halogens is 2. The van der Waals surface area contributed by atoms with E-state index in [9.17, 15) is 13.9 Å². The van der Waals surface area contributed by atoms with E-state index in [0.29, 0.717) is 31.9 Å². The van der Waals surface area contributed by atoms with Crippen molar-refractivity contribution < 1.29 is 18.6 Å². The highest BCUT2D eigenvalue weighted by Gasteiger charge is 2.30. The third kappa shape index (κ3) is 2.85. The van der Waals surface area contributed by atoms with E-state index in [0.717, 1.165) is 6.07 Å². The predicted octanol–water partition coefficient (Wildman–Crippen LogP) is 1.55. The van der Waals surface area contributed by atoms with Gasteiger partial charge in [0, 0.05) is 6.54 Å². The summed E-state index contributed by atoms with van der Waals surface area (Å²) in [5.41, 5.74) is 0.690. The third-order valence-electron chi connectivity index (χ3n) is 3.27. The van der Waals surface area contributed by atoms with Gasteiger partial charge in [0.25, 0.3) is 0 Å². The molecule has 1 saturated heterocycles. The van der Waals surface area contributed by atoms with E-state index in [1.54, 1.807) is 6.07 Å². The highest BCUT2D eigenvalue weighted by atomic mass is 19.2. The van der Waals surface area contributed by atoms with Crippen LogP contribution in [0.15, 0.2) is 18.2 Å². The second kappa shape index (κ2) is 5.73. The predicted molar refractivity (Wildman–Crippen MR) is 63.1 cm³/mol. The Labute approximate surface area is 105 Å². The molecule has 1 fully saturated rings. The van der Waals surface area contributed by atoms with Crippen LogP contribution in [-0.4, -0.2) is 41.9 Å². The Hall–Kier alpha value is -1.04. The molecular weight excluding hydrogens is 240 g/mol. The average molecular weight is 257 g/mol. The fourth-order valence-corrected chi connectivity index (χ4v) is 2.22. The summed E-state index contributed by atoms with van der Waals surface area (Å²) >= 11 is 0. The Kier molecular flexibility index (Phi) is 4.27. The van der Waals surface area contributed by atoms with Crippen LogP contribution in [0.5, 0.6) is 0 Å². The minimum absolute atomic E-state index is 0.0804. The van der Waals surface area contributed by atoms with Crippen LogP contribution >= 0.6 is 0 Å². The maximum atomic E-state index is 13.1. The molecule has 1 aliphatic heterocycles. The Bertz CT molecular complexity index is 414. The summed E-state index contributed by atoms with van der Waals surface area (Å²) in [5.74, 6) is -1.68.